The molecule has 0 unspecified atom stereocenters. The Bertz CT molecular complexity index is 713. The second kappa shape index (κ2) is 8.15. The second-order valence-corrected chi connectivity index (χ2v) is 5.55. The predicted molar refractivity (Wildman–Crippen MR) is 92.0 cm³/mol. The number of hydrogen-bond acceptors (Lipinski definition) is 4. The number of hydrogen-bond donors (Lipinski definition) is 1. The average Bonchev–Trinajstić information content (AvgIpc) is 2.57. The Labute approximate surface area is 141 Å². The summed E-state index contributed by atoms with van der Waals surface area (Å²) in [6.07, 6.45) is -0.791. The number of amides is 1. The van der Waals surface area contributed by atoms with Crippen LogP contribution in [0.15, 0.2) is 48.5 Å². The lowest BCUT2D eigenvalue weighted by Gasteiger charge is -2.14. The topological polar surface area (TPSA) is 64.6 Å². The van der Waals surface area contributed by atoms with Gasteiger partial charge < -0.3 is 14.8 Å². The molecule has 0 heterocycles. The maximum atomic E-state index is 11.9. The van der Waals surface area contributed by atoms with Crippen molar-refractivity contribution in [3.63, 3.8) is 0 Å². The smallest absolute Gasteiger partial charge is 0.347 e. The Morgan fingerprint density at radius 1 is 1.08 bits per heavy atom. The highest BCUT2D eigenvalue weighted by atomic mass is 16.6. The van der Waals surface area contributed by atoms with Crippen LogP contribution in [0.4, 0.5) is 5.69 Å². The first-order valence-corrected chi connectivity index (χ1v) is 7.71. The van der Waals surface area contributed by atoms with Crippen molar-refractivity contribution >= 4 is 17.6 Å². The maximum Gasteiger partial charge on any atom is 0.347 e. The summed E-state index contributed by atoms with van der Waals surface area (Å²) in [5.74, 6) is -0.402. The first-order valence-electron chi connectivity index (χ1n) is 7.71. The largest absolute Gasteiger partial charge is 0.479 e. The molecular formula is C19H21NO4. The summed E-state index contributed by atoms with van der Waals surface area (Å²) in [6, 6.07) is 14.7. The van der Waals surface area contributed by atoms with Gasteiger partial charge in [-0.25, -0.2) is 4.79 Å². The van der Waals surface area contributed by atoms with Crippen LogP contribution < -0.4 is 10.1 Å². The fourth-order valence-corrected chi connectivity index (χ4v) is 2.06. The molecule has 0 spiro atoms. The van der Waals surface area contributed by atoms with Crippen molar-refractivity contribution < 1.29 is 19.1 Å². The van der Waals surface area contributed by atoms with Crippen LogP contribution in [0.5, 0.6) is 5.75 Å². The van der Waals surface area contributed by atoms with E-state index in [4.69, 9.17) is 9.47 Å². The molecule has 0 saturated carbocycles. The Balaban J connectivity index is 1.82. The Kier molecular flexibility index (Phi) is 5.95. The number of rotatable bonds is 6. The SMILES string of the molecule is Cc1ccc(C)c(NC(=O)COC(=O)[C@H](C)Oc2ccccc2)c1. The fraction of sp³-hybridized carbons (Fsp3) is 0.263. The molecule has 5 nitrogen and oxygen atoms in total. The van der Waals surface area contributed by atoms with Crippen LogP contribution >= 0.6 is 0 Å². The number of carbonyl (C=O) groups excluding carboxylic acids is 2. The highest BCUT2D eigenvalue weighted by molar-refractivity contribution is 5.93. The number of ether oxygens (including phenoxy) is 2. The summed E-state index contributed by atoms with van der Waals surface area (Å²) >= 11 is 0. The van der Waals surface area contributed by atoms with Crippen molar-refractivity contribution in [3.8, 4) is 5.75 Å². The summed E-state index contributed by atoms with van der Waals surface area (Å²) in [5, 5.41) is 2.74. The first-order chi connectivity index (χ1) is 11.5. The van der Waals surface area contributed by atoms with E-state index in [1.165, 1.54) is 0 Å². The van der Waals surface area contributed by atoms with Crippen LogP contribution in [-0.4, -0.2) is 24.6 Å². The van der Waals surface area contributed by atoms with E-state index >= 15 is 0 Å². The molecule has 0 aliphatic heterocycles. The van der Waals surface area contributed by atoms with Gasteiger partial charge in [-0.3, -0.25) is 4.79 Å². The maximum absolute atomic E-state index is 11.9. The van der Waals surface area contributed by atoms with Crippen molar-refractivity contribution in [3.05, 3.63) is 59.7 Å². The molecule has 0 aromatic heterocycles. The molecule has 0 aliphatic rings. The van der Waals surface area contributed by atoms with Crippen LogP contribution in [0, 0.1) is 13.8 Å². The van der Waals surface area contributed by atoms with Gasteiger partial charge in [0.1, 0.15) is 5.75 Å². The third-order valence-electron chi connectivity index (χ3n) is 3.40. The van der Waals surface area contributed by atoms with Crippen LogP contribution in [0.1, 0.15) is 18.1 Å². The Morgan fingerprint density at radius 2 is 1.79 bits per heavy atom. The van der Waals surface area contributed by atoms with E-state index in [0.717, 1.165) is 11.1 Å². The van der Waals surface area contributed by atoms with Gasteiger partial charge in [0.05, 0.1) is 0 Å². The average molecular weight is 327 g/mol. The predicted octanol–water partition coefficient (Wildman–Crippen LogP) is 3.25. The molecule has 2 aromatic rings. The lowest BCUT2D eigenvalue weighted by atomic mass is 10.1. The van der Waals surface area contributed by atoms with E-state index in [2.05, 4.69) is 5.32 Å². The normalized spacial score (nSPS) is 11.5. The minimum atomic E-state index is -0.791. The first kappa shape index (κ1) is 17.5. The Hall–Kier alpha value is -2.82. The number of benzene rings is 2. The van der Waals surface area contributed by atoms with Gasteiger partial charge in [-0.15, -0.1) is 0 Å². The quantitative estimate of drug-likeness (QED) is 0.827. The van der Waals surface area contributed by atoms with Gasteiger partial charge in [-0.2, -0.15) is 0 Å². The van der Waals surface area contributed by atoms with Gasteiger partial charge in [0.2, 0.25) is 0 Å². The van der Waals surface area contributed by atoms with Crippen molar-refractivity contribution in [1.82, 2.24) is 0 Å². The molecular weight excluding hydrogens is 306 g/mol. The van der Waals surface area contributed by atoms with Crippen molar-refractivity contribution in [2.24, 2.45) is 0 Å². The van der Waals surface area contributed by atoms with Crippen molar-refractivity contribution in [1.29, 1.82) is 0 Å². The molecule has 0 radical (unpaired) electrons. The minimum Gasteiger partial charge on any atom is -0.479 e. The van der Waals surface area contributed by atoms with Crippen LogP contribution in [0.25, 0.3) is 0 Å². The summed E-state index contributed by atoms with van der Waals surface area (Å²) in [5.41, 5.74) is 2.70. The highest BCUT2D eigenvalue weighted by Gasteiger charge is 2.18. The summed E-state index contributed by atoms with van der Waals surface area (Å²) in [7, 11) is 0. The number of para-hydroxylation sites is 1. The molecule has 0 bridgehead atoms. The fourth-order valence-electron chi connectivity index (χ4n) is 2.06. The van der Waals surface area contributed by atoms with E-state index in [0.29, 0.717) is 11.4 Å². The molecule has 0 fully saturated rings. The molecule has 126 valence electrons. The van der Waals surface area contributed by atoms with E-state index in [1.807, 2.05) is 50.2 Å². The minimum absolute atomic E-state index is 0.352. The number of carbonyl (C=O) groups is 2. The van der Waals surface area contributed by atoms with E-state index < -0.39 is 12.1 Å². The van der Waals surface area contributed by atoms with Crippen molar-refractivity contribution in [2.75, 3.05) is 11.9 Å². The second-order valence-electron chi connectivity index (χ2n) is 5.55. The monoisotopic (exact) mass is 327 g/mol. The van der Waals surface area contributed by atoms with Crippen LogP contribution in [0.3, 0.4) is 0 Å². The lowest BCUT2D eigenvalue weighted by molar-refractivity contribution is -0.153. The van der Waals surface area contributed by atoms with Crippen LogP contribution in [-0.2, 0) is 14.3 Å². The van der Waals surface area contributed by atoms with E-state index in [1.54, 1.807) is 19.1 Å². The lowest BCUT2D eigenvalue weighted by Crippen LogP contribution is -2.29. The zero-order valence-corrected chi connectivity index (χ0v) is 14.0. The van der Waals surface area contributed by atoms with E-state index in [-0.39, 0.29) is 12.5 Å². The molecule has 2 aromatic carbocycles. The van der Waals surface area contributed by atoms with Gasteiger partial charge in [-0.05, 0) is 50.1 Å². The van der Waals surface area contributed by atoms with Gasteiger partial charge in [-0.1, -0.05) is 30.3 Å². The zero-order valence-electron chi connectivity index (χ0n) is 14.0. The molecule has 1 amide bonds. The number of anilines is 1. The molecule has 5 heteroatoms. The molecule has 0 aliphatic carbocycles. The summed E-state index contributed by atoms with van der Waals surface area (Å²) in [6.45, 7) is 5.07. The number of aryl methyl sites for hydroxylation is 2. The Morgan fingerprint density at radius 3 is 2.50 bits per heavy atom. The molecule has 1 N–H and O–H groups in total. The molecule has 0 saturated heterocycles. The van der Waals surface area contributed by atoms with Gasteiger partial charge in [0.15, 0.2) is 12.7 Å². The third-order valence-corrected chi connectivity index (χ3v) is 3.40. The molecule has 2 rings (SSSR count). The summed E-state index contributed by atoms with van der Waals surface area (Å²) < 4.78 is 10.5. The highest BCUT2D eigenvalue weighted by Crippen LogP contribution is 2.16. The number of esters is 1. The van der Waals surface area contributed by atoms with Gasteiger partial charge >= 0.3 is 5.97 Å². The molecule has 1 atom stereocenters. The molecule has 24 heavy (non-hydrogen) atoms. The van der Waals surface area contributed by atoms with Gasteiger partial charge in [0, 0.05) is 5.69 Å². The number of nitrogens with one attached hydrogen (secondary N) is 1. The zero-order chi connectivity index (χ0) is 17.5. The van der Waals surface area contributed by atoms with E-state index in [9.17, 15) is 9.59 Å². The van der Waals surface area contributed by atoms with Crippen molar-refractivity contribution in [2.45, 2.75) is 26.9 Å². The van der Waals surface area contributed by atoms with Crippen LogP contribution in [0.2, 0.25) is 0 Å². The standard InChI is InChI=1S/C19H21NO4/c1-13-9-10-14(2)17(11-13)20-18(21)12-23-19(22)15(3)24-16-7-5-4-6-8-16/h4-11,15H,12H2,1-3H3,(H,20,21)/t15-/m0/s1. The summed E-state index contributed by atoms with van der Waals surface area (Å²) in [4.78, 5) is 23.8. The van der Waals surface area contributed by atoms with Gasteiger partial charge in [0.25, 0.3) is 5.91 Å². The third kappa shape index (κ3) is 5.12.